The van der Waals surface area contributed by atoms with Gasteiger partial charge in [0, 0.05) is 12.7 Å². The second-order valence-corrected chi connectivity index (χ2v) is 6.02. The van der Waals surface area contributed by atoms with Crippen LogP contribution in [0.25, 0.3) is 10.9 Å². The number of benzene rings is 2. The van der Waals surface area contributed by atoms with Gasteiger partial charge in [-0.05, 0) is 11.6 Å². The van der Waals surface area contributed by atoms with Gasteiger partial charge in [0.25, 0.3) is 5.91 Å². The maximum absolute atomic E-state index is 14.6. The number of aryl methyl sites for hydroxylation is 1. The highest BCUT2D eigenvalue weighted by Crippen LogP contribution is 2.28. The molecule has 1 N–H and O–H groups in total. The molecule has 2 aromatic carbocycles. The van der Waals surface area contributed by atoms with Crippen LogP contribution in [0.5, 0.6) is 5.75 Å². The first-order valence-corrected chi connectivity index (χ1v) is 8.45. The molecule has 0 radical (unpaired) electrons. The van der Waals surface area contributed by atoms with Crippen molar-refractivity contribution in [1.82, 2.24) is 9.88 Å². The molecule has 0 saturated heterocycles. The van der Waals surface area contributed by atoms with Crippen molar-refractivity contribution < 1.29 is 22.7 Å². The Morgan fingerprint density at radius 3 is 2.57 bits per heavy atom. The van der Waals surface area contributed by atoms with Crippen LogP contribution in [0.2, 0.25) is 0 Å². The van der Waals surface area contributed by atoms with Gasteiger partial charge in [0.15, 0.2) is 17.4 Å². The number of hydrogen-bond donors (Lipinski definition) is 1. The number of nitrogens with zero attached hydrogens (tertiary/aromatic N) is 1. The van der Waals surface area contributed by atoms with Crippen molar-refractivity contribution in [3.8, 4) is 5.75 Å². The fourth-order valence-electron chi connectivity index (χ4n) is 2.96. The molecule has 28 heavy (non-hydrogen) atoms. The van der Waals surface area contributed by atoms with Gasteiger partial charge in [0.05, 0.1) is 24.6 Å². The molecule has 0 aliphatic carbocycles. The zero-order valence-electron chi connectivity index (χ0n) is 15.0. The first kappa shape index (κ1) is 19.5. The van der Waals surface area contributed by atoms with E-state index in [0.717, 1.165) is 29.5 Å². The minimum Gasteiger partial charge on any atom is -0.491 e. The van der Waals surface area contributed by atoms with Crippen LogP contribution >= 0.6 is 0 Å². The zero-order valence-corrected chi connectivity index (χ0v) is 15.0. The SMILES string of the molecule is COc1c(F)cc2c(=O)c(C(=O)NCc3ccccc3)cn(CCF)c2c1F. The molecule has 1 amide bonds. The molecule has 0 unspecified atom stereocenters. The van der Waals surface area contributed by atoms with Crippen molar-refractivity contribution in [3.63, 3.8) is 0 Å². The lowest BCUT2D eigenvalue weighted by Crippen LogP contribution is -2.30. The van der Waals surface area contributed by atoms with Gasteiger partial charge in [0.1, 0.15) is 12.2 Å². The fourth-order valence-corrected chi connectivity index (χ4v) is 2.96. The number of rotatable bonds is 6. The Morgan fingerprint density at radius 1 is 1.21 bits per heavy atom. The normalized spacial score (nSPS) is 10.9. The average molecular weight is 390 g/mol. The van der Waals surface area contributed by atoms with Gasteiger partial charge in [-0.25, -0.2) is 13.2 Å². The lowest BCUT2D eigenvalue weighted by molar-refractivity contribution is 0.0949. The molecule has 1 heterocycles. The largest absolute Gasteiger partial charge is 0.491 e. The van der Waals surface area contributed by atoms with E-state index in [1.165, 1.54) is 0 Å². The summed E-state index contributed by atoms with van der Waals surface area (Å²) in [5.74, 6) is -3.61. The Hall–Kier alpha value is -3.29. The highest BCUT2D eigenvalue weighted by molar-refractivity contribution is 5.97. The third-order valence-corrected chi connectivity index (χ3v) is 4.28. The van der Waals surface area contributed by atoms with Crippen molar-refractivity contribution in [2.75, 3.05) is 13.8 Å². The first-order chi connectivity index (χ1) is 13.5. The Morgan fingerprint density at radius 2 is 1.93 bits per heavy atom. The lowest BCUT2D eigenvalue weighted by atomic mass is 10.1. The predicted molar refractivity (Wildman–Crippen MR) is 98.3 cm³/mol. The summed E-state index contributed by atoms with van der Waals surface area (Å²) in [5.41, 5.74) is -0.694. The topological polar surface area (TPSA) is 60.3 Å². The number of fused-ring (bicyclic) bond motifs is 1. The average Bonchev–Trinajstić information content (AvgIpc) is 2.69. The Bertz CT molecular complexity index is 1080. The second kappa shape index (κ2) is 8.16. The van der Waals surface area contributed by atoms with E-state index >= 15 is 0 Å². The number of carbonyl (C=O) groups is 1. The first-order valence-electron chi connectivity index (χ1n) is 8.45. The van der Waals surface area contributed by atoms with Crippen LogP contribution in [-0.4, -0.2) is 24.3 Å². The number of ether oxygens (including phenoxy) is 1. The number of hydrogen-bond acceptors (Lipinski definition) is 3. The molecule has 5 nitrogen and oxygen atoms in total. The summed E-state index contributed by atoms with van der Waals surface area (Å²) in [6.07, 6.45) is 1.07. The Balaban J connectivity index is 2.09. The molecule has 0 fully saturated rings. The third-order valence-electron chi connectivity index (χ3n) is 4.28. The summed E-state index contributed by atoms with van der Waals surface area (Å²) in [6.45, 7) is -1.03. The number of alkyl halides is 1. The number of carbonyl (C=O) groups excluding carboxylic acids is 1. The van der Waals surface area contributed by atoms with Gasteiger partial charge in [0.2, 0.25) is 5.43 Å². The summed E-state index contributed by atoms with van der Waals surface area (Å²) in [7, 11) is 1.08. The summed E-state index contributed by atoms with van der Waals surface area (Å²) in [6, 6.07) is 9.79. The van der Waals surface area contributed by atoms with E-state index in [1.54, 1.807) is 24.3 Å². The lowest BCUT2D eigenvalue weighted by Gasteiger charge is -2.15. The Kier molecular flexibility index (Phi) is 5.67. The molecule has 0 aliphatic rings. The van der Waals surface area contributed by atoms with Crippen molar-refractivity contribution in [2.24, 2.45) is 0 Å². The van der Waals surface area contributed by atoms with Gasteiger partial charge in [-0.15, -0.1) is 0 Å². The van der Waals surface area contributed by atoms with Crippen molar-refractivity contribution in [1.29, 1.82) is 0 Å². The van der Waals surface area contributed by atoms with Crippen LogP contribution in [-0.2, 0) is 13.1 Å². The van der Waals surface area contributed by atoms with E-state index < -0.39 is 35.4 Å². The molecule has 146 valence electrons. The van der Waals surface area contributed by atoms with Crippen molar-refractivity contribution in [2.45, 2.75) is 13.1 Å². The zero-order chi connectivity index (χ0) is 20.3. The number of methoxy groups -OCH3 is 1. The molecule has 1 aromatic heterocycles. The summed E-state index contributed by atoms with van der Waals surface area (Å²) in [4.78, 5) is 25.2. The highest BCUT2D eigenvalue weighted by Gasteiger charge is 2.22. The molecular formula is C20H17F3N2O3. The minimum atomic E-state index is -1.13. The quantitative estimate of drug-likeness (QED) is 0.703. The molecule has 3 aromatic rings. The van der Waals surface area contributed by atoms with Gasteiger partial charge < -0.3 is 14.6 Å². The van der Waals surface area contributed by atoms with Gasteiger partial charge >= 0.3 is 0 Å². The molecule has 0 saturated carbocycles. The van der Waals surface area contributed by atoms with Crippen LogP contribution in [0.15, 0.2) is 47.4 Å². The standard InChI is InChI=1S/C20H17F3N2O3/c1-28-19-15(22)9-13-17(16(19)23)25(8-7-21)11-14(18(13)26)20(27)24-10-12-5-3-2-4-6-12/h2-6,9,11H,7-8,10H2,1H3,(H,24,27). The van der Waals surface area contributed by atoms with E-state index in [0.29, 0.717) is 0 Å². The van der Waals surface area contributed by atoms with Crippen LogP contribution in [0, 0.1) is 11.6 Å². The number of halogens is 3. The van der Waals surface area contributed by atoms with Gasteiger partial charge in [-0.3, -0.25) is 9.59 Å². The molecule has 8 heteroatoms. The van der Waals surface area contributed by atoms with E-state index in [-0.39, 0.29) is 29.6 Å². The minimum absolute atomic E-state index is 0.158. The summed E-state index contributed by atoms with van der Waals surface area (Å²) in [5, 5.41) is 2.22. The number of aromatic nitrogens is 1. The van der Waals surface area contributed by atoms with E-state index in [9.17, 15) is 22.8 Å². The second-order valence-electron chi connectivity index (χ2n) is 6.02. The highest BCUT2D eigenvalue weighted by atomic mass is 19.1. The summed E-state index contributed by atoms with van der Waals surface area (Å²) >= 11 is 0. The van der Waals surface area contributed by atoms with Crippen LogP contribution in [0.4, 0.5) is 13.2 Å². The fraction of sp³-hybridized carbons (Fsp3) is 0.200. The molecule has 0 bridgehead atoms. The van der Waals surface area contributed by atoms with Crippen molar-refractivity contribution in [3.05, 3.63) is 75.6 Å². The van der Waals surface area contributed by atoms with Crippen LogP contribution in [0.3, 0.4) is 0 Å². The number of amides is 1. The third kappa shape index (κ3) is 3.58. The van der Waals surface area contributed by atoms with Crippen LogP contribution < -0.4 is 15.5 Å². The predicted octanol–water partition coefficient (Wildman–Crippen LogP) is 3.19. The van der Waals surface area contributed by atoms with E-state index in [1.807, 2.05) is 6.07 Å². The summed E-state index contributed by atoms with van der Waals surface area (Å²) < 4.78 is 47.5. The molecule has 0 aliphatic heterocycles. The molecule has 0 atom stereocenters. The van der Waals surface area contributed by atoms with Crippen LogP contribution in [0.1, 0.15) is 15.9 Å². The van der Waals surface area contributed by atoms with E-state index in [4.69, 9.17) is 0 Å². The monoisotopic (exact) mass is 390 g/mol. The van der Waals surface area contributed by atoms with Gasteiger partial charge in [-0.1, -0.05) is 30.3 Å². The molecular weight excluding hydrogens is 373 g/mol. The molecule has 0 spiro atoms. The van der Waals surface area contributed by atoms with Crippen molar-refractivity contribution >= 4 is 16.8 Å². The van der Waals surface area contributed by atoms with E-state index in [2.05, 4.69) is 10.1 Å². The number of pyridine rings is 1. The number of nitrogens with one attached hydrogen (secondary N) is 1. The Labute approximate surface area is 158 Å². The van der Waals surface area contributed by atoms with Gasteiger partial charge in [-0.2, -0.15) is 0 Å². The molecule has 3 rings (SSSR count). The maximum atomic E-state index is 14.6. The smallest absolute Gasteiger partial charge is 0.257 e. The maximum Gasteiger partial charge on any atom is 0.257 e.